The summed E-state index contributed by atoms with van der Waals surface area (Å²) in [5, 5.41) is 7.61. The molecule has 0 atom stereocenters. The van der Waals surface area contributed by atoms with Crippen molar-refractivity contribution in [2.45, 2.75) is 44.7 Å². The lowest BCUT2D eigenvalue weighted by molar-refractivity contribution is 0.462. The Balaban J connectivity index is 1.49. The molecule has 2 N–H and O–H groups in total. The minimum Gasteiger partial charge on any atom is -0.367 e. The lowest BCUT2D eigenvalue weighted by Crippen LogP contribution is -2.22. The second-order valence-electron chi connectivity index (χ2n) is 7.44. The smallest absolute Gasteiger partial charge is 0.126 e. The van der Waals surface area contributed by atoms with Crippen molar-refractivity contribution in [2.75, 3.05) is 10.6 Å². The number of hydrogen-bond donors (Lipinski definition) is 2. The average molecular weight is 472 g/mol. The third-order valence-corrected chi connectivity index (χ3v) is 6.10. The Hall–Kier alpha value is -2.11. The fourth-order valence-electron chi connectivity index (χ4n) is 3.68. The van der Waals surface area contributed by atoms with Crippen LogP contribution in [-0.4, -0.2) is 16.0 Å². The number of halogens is 2. The first-order valence-electron chi connectivity index (χ1n) is 10.0. The molecule has 1 aliphatic carbocycles. The summed E-state index contributed by atoms with van der Waals surface area (Å²) in [5.74, 6) is 1.71. The molecule has 150 valence electrons. The van der Waals surface area contributed by atoms with Crippen LogP contribution in [0.5, 0.6) is 0 Å². The maximum absolute atomic E-state index is 6.48. The topological polar surface area (TPSA) is 49.8 Å². The first-order chi connectivity index (χ1) is 14.2. The molecule has 1 saturated carbocycles. The van der Waals surface area contributed by atoms with Crippen molar-refractivity contribution in [2.24, 2.45) is 0 Å². The van der Waals surface area contributed by atoms with E-state index in [1.807, 2.05) is 36.5 Å². The number of aromatic nitrogens is 2. The van der Waals surface area contributed by atoms with E-state index in [-0.39, 0.29) is 0 Å². The third kappa shape index (κ3) is 5.49. The lowest BCUT2D eigenvalue weighted by Gasteiger charge is -2.23. The second kappa shape index (κ2) is 9.59. The molecule has 0 spiro atoms. The van der Waals surface area contributed by atoms with Gasteiger partial charge in [0.25, 0.3) is 0 Å². The van der Waals surface area contributed by atoms with E-state index < -0.39 is 0 Å². The van der Waals surface area contributed by atoms with Crippen molar-refractivity contribution >= 4 is 39.2 Å². The van der Waals surface area contributed by atoms with E-state index in [9.17, 15) is 0 Å². The number of anilines is 2. The van der Waals surface area contributed by atoms with E-state index in [1.165, 1.54) is 37.7 Å². The van der Waals surface area contributed by atoms with Crippen LogP contribution in [0.4, 0.5) is 11.6 Å². The molecule has 2 aromatic heterocycles. The van der Waals surface area contributed by atoms with Crippen LogP contribution in [0, 0.1) is 0 Å². The van der Waals surface area contributed by atoms with Gasteiger partial charge >= 0.3 is 0 Å². The molecular weight excluding hydrogens is 448 g/mol. The van der Waals surface area contributed by atoms with E-state index in [4.69, 9.17) is 11.6 Å². The van der Waals surface area contributed by atoms with Crippen molar-refractivity contribution < 1.29 is 0 Å². The van der Waals surface area contributed by atoms with Crippen molar-refractivity contribution in [3.8, 4) is 11.1 Å². The summed E-state index contributed by atoms with van der Waals surface area (Å²) in [6.07, 6.45) is 9.87. The zero-order chi connectivity index (χ0) is 20.1. The van der Waals surface area contributed by atoms with Crippen LogP contribution in [0.15, 0.2) is 59.3 Å². The normalized spacial score (nSPS) is 14.6. The van der Waals surface area contributed by atoms with E-state index in [0.29, 0.717) is 17.6 Å². The van der Waals surface area contributed by atoms with Crippen LogP contribution in [-0.2, 0) is 6.54 Å². The van der Waals surface area contributed by atoms with Gasteiger partial charge in [-0.3, -0.25) is 0 Å². The van der Waals surface area contributed by atoms with Gasteiger partial charge in [-0.1, -0.05) is 58.9 Å². The lowest BCUT2D eigenvalue weighted by atomic mass is 9.95. The van der Waals surface area contributed by atoms with Gasteiger partial charge in [0.15, 0.2) is 0 Å². The van der Waals surface area contributed by atoms with Crippen molar-refractivity contribution in [3.63, 3.8) is 0 Å². The molecule has 2 heterocycles. The molecule has 0 unspecified atom stereocenters. The highest BCUT2D eigenvalue weighted by Crippen LogP contribution is 2.31. The predicted molar refractivity (Wildman–Crippen MR) is 124 cm³/mol. The highest BCUT2D eigenvalue weighted by Gasteiger charge is 2.15. The maximum atomic E-state index is 6.48. The van der Waals surface area contributed by atoms with Crippen LogP contribution in [0.3, 0.4) is 0 Å². The fraction of sp³-hybridized carbons (Fsp3) is 0.304. The minimum atomic E-state index is 0.505. The van der Waals surface area contributed by atoms with Gasteiger partial charge in [-0.25, -0.2) is 9.97 Å². The fourth-order valence-corrected chi connectivity index (χ4v) is 4.16. The van der Waals surface area contributed by atoms with Crippen LogP contribution >= 0.6 is 27.5 Å². The Kier molecular flexibility index (Phi) is 6.67. The van der Waals surface area contributed by atoms with E-state index in [1.54, 1.807) is 6.20 Å². The molecule has 4 rings (SSSR count). The summed E-state index contributed by atoms with van der Waals surface area (Å²) in [5.41, 5.74) is 3.19. The second-order valence-corrected chi connectivity index (χ2v) is 8.76. The molecule has 1 fully saturated rings. The van der Waals surface area contributed by atoms with E-state index >= 15 is 0 Å². The van der Waals surface area contributed by atoms with Gasteiger partial charge in [0.1, 0.15) is 11.6 Å². The highest BCUT2D eigenvalue weighted by molar-refractivity contribution is 9.10. The Morgan fingerprint density at radius 3 is 2.55 bits per heavy atom. The number of rotatable bonds is 6. The van der Waals surface area contributed by atoms with Gasteiger partial charge in [-0.05, 0) is 54.3 Å². The maximum Gasteiger partial charge on any atom is 0.126 e. The van der Waals surface area contributed by atoms with Gasteiger partial charge in [-0.15, -0.1) is 0 Å². The molecule has 0 amide bonds. The molecule has 1 aromatic carbocycles. The van der Waals surface area contributed by atoms with Crippen molar-refractivity contribution in [3.05, 3.63) is 69.9 Å². The van der Waals surface area contributed by atoms with Crippen LogP contribution < -0.4 is 10.6 Å². The molecular formula is C23H24BrClN4. The summed E-state index contributed by atoms with van der Waals surface area (Å²) in [6, 6.07) is 14.8. The zero-order valence-electron chi connectivity index (χ0n) is 16.2. The molecule has 6 heteroatoms. The van der Waals surface area contributed by atoms with Gasteiger partial charge in [0.2, 0.25) is 0 Å². The highest BCUT2D eigenvalue weighted by atomic mass is 79.9. The Labute approximate surface area is 185 Å². The van der Waals surface area contributed by atoms with Crippen molar-refractivity contribution in [1.29, 1.82) is 0 Å². The van der Waals surface area contributed by atoms with E-state index in [0.717, 1.165) is 27.2 Å². The van der Waals surface area contributed by atoms with Crippen LogP contribution in [0.2, 0.25) is 5.02 Å². The Morgan fingerprint density at radius 2 is 1.76 bits per heavy atom. The largest absolute Gasteiger partial charge is 0.367 e. The van der Waals surface area contributed by atoms with Gasteiger partial charge in [0, 0.05) is 35.0 Å². The molecule has 0 aliphatic heterocycles. The standard InChI is InChI=1S/C23H24BrClN4/c24-18-8-6-16(7-9-18)14-27-22-12-17(10-11-26-22)20-13-23(28-15-21(20)25)29-19-4-2-1-3-5-19/h6-13,15,19H,1-5,14H2,(H,26,27)(H,28,29). The zero-order valence-corrected chi connectivity index (χ0v) is 18.5. The quantitative estimate of drug-likeness (QED) is 0.410. The first-order valence-corrected chi connectivity index (χ1v) is 11.2. The molecule has 0 bridgehead atoms. The van der Waals surface area contributed by atoms with Crippen LogP contribution in [0.25, 0.3) is 11.1 Å². The van der Waals surface area contributed by atoms with Crippen molar-refractivity contribution in [1.82, 2.24) is 9.97 Å². The molecule has 0 saturated heterocycles. The number of nitrogens with zero attached hydrogens (tertiary/aromatic N) is 2. The first kappa shape index (κ1) is 20.2. The monoisotopic (exact) mass is 470 g/mol. The summed E-state index contributed by atoms with van der Waals surface area (Å²) < 4.78 is 1.08. The molecule has 0 radical (unpaired) electrons. The van der Waals surface area contributed by atoms with E-state index in [2.05, 4.69) is 48.7 Å². The summed E-state index contributed by atoms with van der Waals surface area (Å²) in [6.45, 7) is 0.711. The predicted octanol–water partition coefficient (Wildman–Crippen LogP) is 6.92. The third-order valence-electron chi connectivity index (χ3n) is 5.27. The molecule has 1 aliphatic rings. The Morgan fingerprint density at radius 1 is 0.966 bits per heavy atom. The van der Waals surface area contributed by atoms with Gasteiger partial charge < -0.3 is 10.6 Å². The SMILES string of the molecule is Clc1cnc(NC2CCCCC2)cc1-c1ccnc(NCc2ccc(Br)cc2)c1. The average Bonchev–Trinajstić information content (AvgIpc) is 2.76. The van der Waals surface area contributed by atoms with Gasteiger partial charge in [0.05, 0.1) is 5.02 Å². The van der Waals surface area contributed by atoms with Crippen LogP contribution in [0.1, 0.15) is 37.7 Å². The van der Waals surface area contributed by atoms with Gasteiger partial charge in [-0.2, -0.15) is 0 Å². The Bertz CT molecular complexity index is 955. The number of nitrogens with one attached hydrogen (secondary N) is 2. The molecule has 29 heavy (non-hydrogen) atoms. The summed E-state index contributed by atoms with van der Waals surface area (Å²) in [4.78, 5) is 8.93. The number of benzene rings is 1. The minimum absolute atomic E-state index is 0.505. The molecule has 4 nitrogen and oxygen atoms in total. The summed E-state index contributed by atoms with van der Waals surface area (Å²) in [7, 11) is 0. The summed E-state index contributed by atoms with van der Waals surface area (Å²) >= 11 is 9.94. The number of pyridine rings is 2. The molecule has 3 aromatic rings. The number of hydrogen-bond acceptors (Lipinski definition) is 4.